The van der Waals surface area contributed by atoms with Crippen molar-refractivity contribution in [1.29, 1.82) is 0 Å². The van der Waals surface area contributed by atoms with E-state index in [1.807, 2.05) is 0 Å². The molecular formula is C15H24N4OS. The summed E-state index contributed by atoms with van der Waals surface area (Å²) in [6.45, 7) is 9.28. The number of hydrogen-bond donors (Lipinski definition) is 1. The number of aryl methyl sites for hydroxylation is 2. The Labute approximate surface area is 129 Å². The number of methoxy groups -OCH3 is 1. The predicted octanol–water partition coefficient (Wildman–Crippen LogP) is 1.82. The van der Waals surface area contributed by atoms with Gasteiger partial charge in [-0.1, -0.05) is 0 Å². The summed E-state index contributed by atoms with van der Waals surface area (Å²) in [6.07, 6.45) is 3.41. The monoisotopic (exact) mass is 308 g/mol. The van der Waals surface area contributed by atoms with Gasteiger partial charge in [0.15, 0.2) is 4.96 Å². The van der Waals surface area contributed by atoms with Gasteiger partial charge in [-0.2, -0.15) is 0 Å². The third-order valence-electron chi connectivity index (χ3n) is 4.18. The first-order chi connectivity index (χ1) is 10.2. The lowest BCUT2D eigenvalue weighted by atomic mass is 10.2. The average Bonchev–Trinajstić information content (AvgIpc) is 3.10. The lowest BCUT2D eigenvalue weighted by Crippen LogP contribution is -2.33. The SMILES string of the molecule is COCCN1CC[C@@H](NCc2c(C)nc3sc(C)cn23)C1. The average molecular weight is 308 g/mol. The first kappa shape index (κ1) is 15.0. The summed E-state index contributed by atoms with van der Waals surface area (Å²) in [5, 5.41) is 3.69. The lowest BCUT2D eigenvalue weighted by Gasteiger charge is -2.16. The molecule has 116 valence electrons. The van der Waals surface area contributed by atoms with Crippen molar-refractivity contribution in [2.45, 2.75) is 32.9 Å². The van der Waals surface area contributed by atoms with Crippen LogP contribution < -0.4 is 5.32 Å². The second-order valence-corrected chi connectivity index (χ2v) is 7.01. The summed E-state index contributed by atoms with van der Waals surface area (Å²) in [5.41, 5.74) is 2.44. The number of fused-ring (bicyclic) bond motifs is 1. The molecule has 0 spiro atoms. The van der Waals surface area contributed by atoms with Gasteiger partial charge in [-0.15, -0.1) is 11.3 Å². The van der Waals surface area contributed by atoms with E-state index in [4.69, 9.17) is 4.74 Å². The van der Waals surface area contributed by atoms with Gasteiger partial charge in [-0.3, -0.25) is 9.30 Å². The van der Waals surface area contributed by atoms with E-state index in [1.54, 1.807) is 18.4 Å². The Morgan fingerprint density at radius 3 is 3.14 bits per heavy atom. The maximum Gasteiger partial charge on any atom is 0.194 e. The van der Waals surface area contributed by atoms with Gasteiger partial charge in [0.05, 0.1) is 18.0 Å². The van der Waals surface area contributed by atoms with Gasteiger partial charge in [0, 0.05) is 43.9 Å². The van der Waals surface area contributed by atoms with E-state index in [0.717, 1.165) is 36.9 Å². The molecule has 21 heavy (non-hydrogen) atoms. The number of aromatic nitrogens is 2. The molecule has 1 aliphatic heterocycles. The molecule has 0 amide bonds. The first-order valence-corrected chi connectivity index (χ1v) is 8.37. The predicted molar refractivity (Wildman–Crippen MR) is 86.1 cm³/mol. The molecule has 2 aromatic rings. The molecule has 0 aromatic carbocycles. The molecule has 1 saturated heterocycles. The molecule has 1 atom stereocenters. The number of nitrogens with zero attached hydrogens (tertiary/aromatic N) is 3. The largest absolute Gasteiger partial charge is 0.383 e. The Morgan fingerprint density at radius 2 is 2.33 bits per heavy atom. The van der Waals surface area contributed by atoms with Crippen LogP contribution in [0.2, 0.25) is 0 Å². The highest BCUT2D eigenvalue weighted by Crippen LogP contribution is 2.21. The van der Waals surface area contributed by atoms with Crippen molar-refractivity contribution in [2.75, 3.05) is 33.4 Å². The fourth-order valence-electron chi connectivity index (χ4n) is 2.99. The standard InChI is InChI=1S/C15H24N4OS/c1-11-9-19-14(12(2)17-15(19)21-11)8-16-13-4-5-18(10-13)6-7-20-3/h9,13,16H,4-8,10H2,1-3H3/t13-/m1/s1. The van der Waals surface area contributed by atoms with E-state index in [1.165, 1.54) is 23.5 Å². The van der Waals surface area contributed by atoms with Crippen LogP contribution >= 0.6 is 11.3 Å². The zero-order valence-electron chi connectivity index (χ0n) is 13.1. The summed E-state index contributed by atoms with van der Waals surface area (Å²) in [6, 6.07) is 0.575. The minimum absolute atomic E-state index is 0.575. The van der Waals surface area contributed by atoms with Crippen LogP contribution in [-0.4, -0.2) is 53.7 Å². The molecule has 0 radical (unpaired) electrons. The Hall–Kier alpha value is -0.950. The van der Waals surface area contributed by atoms with Crippen molar-refractivity contribution in [3.63, 3.8) is 0 Å². The van der Waals surface area contributed by atoms with Crippen LogP contribution in [0.4, 0.5) is 0 Å². The Morgan fingerprint density at radius 1 is 1.48 bits per heavy atom. The van der Waals surface area contributed by atoms with E-state index in [2.05, 4.69) is 39.6 Å². The second kappa shape index (κ2) is 6.44. The van der Waals surface area contributed by atoms with Crippen LogP contribution in [0.25, 0.3) is 4.96 Å². The molecule has 5 nitrogen and oxygen atoms in total. The number of likely N-dealkylation sites (tertiary alicyclic amines) is 1. The molecule has 1 aliphatic rings. The smallest absolute Gasteiger partial charge is 0.194 e. The van der Waals surface area contributed by atoms with Crippen LogP contribution in [0.3, 0.4) is 0 Å². The summed E-state index contributed by atoms with van der Waals surface area (Å²) in [5.74, 6) is 0. The van der Waals surface area contributed by atoms with E-state index in [-0.39, 0.29) is 0 Å². The Balaban J connectivity index is 1.58. The van der Waals surface area contributed by atoms with Crippen LogP contribution in [0.1, 0.15) is 22.7 Å². The maximum absolute atomic E-state index is 5.15. The summed E-state index contributed by atoms with van der Waals surface area (Å²) >= 11 is 1.76. The van der Waals surface area contributed by atoms with Gasteiger partial charge in [0.25, 0.3) is 0 Å². The molecule has 0 saturated carbocycles. The Bertz CT molecular complexity index is 606. The van der Waals surface area contributed by atoms with Crippen molar-refractivity contribution < 1.29 is 4.74 Å². The third-order valence-corrected chi connectivity index (χ3v) is 5.08. The normalized spacial score (nSPS) is 19.9. The highest BCUT2D eigenvalue weighted by Gasteiger charge is 2.22. The van der Waals surface area contributed by atoms with Crippen molar-refractivity contribution in [3.05, 3.63) is 22.5 Å². The molecule has 0 bridgehead atoms. The maximum atomic E-state index is 5.15. The number of imidazole rings is 1. The van der Waals surface area contributed by atoms with Gasteiger partial charge >= 0.3 is 0 Å². The van der Waals surface area contributed by atoms with Crippen molar-refractivity contribution in [3.8, 4) is 0 Å². The minimum Gasteiger partial charge on any atom is -0.383 e. The highest BCUT2D eigenvalue weighted by molar-refractivity contribution is 7.17. The Kier molecular flexibility index (Phi) is 4.59. The molecule has 1 fully saturated rings. The fraction of sp³-hybridized carbons (Fsp3) is 0.667. The number of ether oxygens (including phenoxy) is 1. The minimum atomic E-state index is 0.575. The van der Waals surface area contributed by atoms with Gasteiger partial charge in [-0.25, -0.2) is 4.98 Å². The van der Waals surface area contributed by atoms with E-state index in [0.29, 0.717) is 6.04 Å². The van der Waals surface area contributed by atoms with Crippen LogP contribution in [0.5, 0.6) is 0 Å². The molecule has 0 aliphatic carbocycles. The topological polar surface area (TPSA) is 41.8 Å². The van der Waals surface area contributed by atoms with Gasteiger partial charge in [0.2, 0.25) is 0 Å². The highest BCUT2D eigenvalue weighted by atomic mass is 32.1. The molecule has 1 N–H and O–H groups in total. The van der Waals surface area contributed by atoms with Gasteiger partial charge in [0.1, 0.15) is 0 Å². The van der Waals surface area contributed by atoms with Crippen molar-refractivity contribution >= 4 is 16.3 Å². The molecule has 2 aromatic heterocycles. The number of hydrogen-bond acceptors (Lipinski definition) is 5. The lowest BCUT2D eigenvalue weighted by molar-refractivity contribution is 0.159. The zero-order valence-corrected chi connectivity index (χ0v) is 13.9. The quantitative estimate of drug-likeness (QED) is 0.884. The van der Waals surface area contributed by atoms with E-state index >= 15 is 0 Å². The summed E-state index contributed by atoms with van der Waals surface area (Å²) in [7, 11) is 1.77. The van der Waals surface area contributed by atoms with Gasteiger partial charge < -0.3 is 10.1 Å². The summed E-state index contributed by atoms with van der Waals surface area (Å²) in [4.78, 5) is 9.53. The molecule has 0 unspecified atom stereocenters. The zero-order chi connectivity index (χ0) is 14.8. The van der Waals surface area contributed by atoms with Crippen molar-refractivity contribution in [2.24, 2.45) is 0 Å². The fourth-order valence-corrected chi connectivity index (χ4v) is 3.88. The van der Waals surface area contributed by atoms with Crippen LogP contribution in [0, 0.1) is 13.8 Å². The molecule has 3 rings (SSSR count). The van der Waals surface area contributed by atoms with Crippen LogP contribution in [0.15, 0.2) is 6.20 Å². The second-order valence-electron chi connectivity index (χ2n) is 5.80. The van der Waals surface area contributed by atoms with Crippen LogP contribution in [-0.2, 0) is 11.3 Å². The number of thiazole rings is 1. The number of rotatable bonds is 6. The summed E-state index contributed by atoms with van der Waals surface area (Å²) < 4.78 is 7.39. The van der Waals surface area contributed by atoms with Crippen molar-refractivity contribution in [1.82, 2.24) is 19.6 Å². The number of nitrogens with one attached hydrogen (secondary N) is 1. The van der Waals surface area contributed by atoms with E-state index < -0.39 is 0 Å². The first-order valence-electron chi connectivity index (χ1n) is 7.56. The molecule has 6 heteroatoms. The third kappa shape index (κ3) is 3.29. The van der Waals surface area contributed by atoms with E-state index in [9.17, 15) is 0 Å². The van der Waals surface area contributed by atoms with Gasteiger partial charge in [-0.05, 0) is 26.8 Å². The molecule has 3 heterocycles. The molecular weight excluding hydrogens is 284 g/mol.